The van der Waals surface area contributed by atoms with Crippen LogP contribution in [0.3, 0.4) is 0 Å². The molecule has 1 aliphatic carbocycles. The van der Waals surface area contributed by atoms with Gasteiger partial charge in [-0.3, -0.25) is 4.79 Å². The van der Waals surface area contributed by atoms with Crippen LogP contribution < -0.4 is 15.8 Å². The molecule has 1 fully saturated rings. The summed E-state index contributed by atoms with van der Waals surface area (Å²) < 4.78 is 5.22. The lowest BCUT2D eigenvalue weighted by Gasteiger charge is -2.33. The highest BCUT2D eigenvalue weighted by atomic mass is 16.5. The highest BCUT2D eigenvalue weighted by Gasteiger charge is 2.52. The summed E-state index contributed by atoms with van der Waals surface area (Å²) in [5.41, 5.74) is 6.02. The van der Waals surface area contributed by atoms with Gasteiger partial charge in [-0.25, -0.2) is 0 Å². The number of hydrogen-bond donors (Lipinski definition) is 2. The Morgan fingerprint density at radius 1 is 1.45 bits per heavy atom. The maximum absolute atomic E-state index is 12.1. The molecule has 2 rings (SSSR count). The van der Waals surface area contributed by atoms with Gasteiger partial charge in [-0.1, -0.05) is 26.8 Å². The quantitative estimate of drug-likeness (QED) is 0.888. The molecule has 0 saturated heterocycles. The molecule has 1 amide bonds. The number of hydrogen-bond acceptors (Lipinski definition) is 3. The van der Waals surface area contributed by atoms with Crippen molar-refractivity contribution in [3.05, 3.63) is 24.3 Å². The molecule has 4 nitrogen and oxygen atoms in total. The minimum absolute atomic E-state index is 0.111. The van der Waals surface area contributed by atoms with Crippen molar-refractivity contribution in [1.82, 2.24) is 0 Å². The predicted molar refractivity (Wildman–Crippen MR) is 80.7 cm³/mol. The van der Waals surface area contributed by atoms with Gasteiger partial charge in [0.1, 0.15) is 11.3 Å². The molecular weight excluding hydrogens is 252 g/mol. The van der Waals surface area contributed by atoms with Gasteiger partial charge in [0.25, 0.3) is 0 Å². The molecular formula is C16H24N2O2. The van der Waals surface area contributed by atoms with Gasteiger partial charge in [-0.15, -0.1) is 0 Å². The average Bonchev–Trinajstić information content (AvgIpc) is 2.60. The molecule has 1 aromatic rings. The molecule has 2 unspecified atom stereocenters. The summed E-state index contributed by atoms with van der Waals surface area (Å²) >= 11 is 0. The second-order valence-electron chi connectivity index (χ2n) is 6.64. The highest BCUT2D eigenvalue weighted by molar-refractivity contribution is 5.89. The standard InChI is InChI=1S/C16H24N2O2/c1-11-9-15(2,3)10-16(11,14(17)19)18-12-6-5-7-13(8-12)20-4/h5-8,11,18H,9-10H2,1-4H3,(H2,17,19). The average molecular weight is 276 g/mol. The topological polar surface area (TPSA) is 64.3 Å². The van der Waals surface area contributed by atoms with Gasteiger partial charge in [-0.2, -0.15) is 0 Å². The van der Waals surface area contributed by atoms with E-state index in [0.29, 0.717) is 0 Å². The van der Waals surface area contributed by atoms with Crippen molar-refractivity contribution in [3.63, 3.8) is 0 Å². The van der Waals surface area contributed by atoms with Gasteiger partial charge in [-0.05, 0) is 36.3 Å². The summed E-state index contributed by atoms with van der Waals surface area (Å²) in [6.07, 6.45) is 1.72. The van der Waals surface area contributed by atoms with E-state index in [4.69, 9.17) is 10.5 Å². The molecule has 1 aromatic carbocycles. The van der Waals surface area contributed by atoms with Crippen LogP contribution in [0.5, 0.6) is 5.75 Å². The van der Waals surface area contributed by atoms with E-state index in [1.807, 2.05) is 24.3 Å². The fourth-order valence-corrected chi connectivity index (χ4v) is 3.52. The number of methoxy groups -OCH3 is 1. The first-order valence-corrected chi connectivity index (χ1v) is 7.01. The number of amides is 1. The molecule has 3 N–H and O–H groups in total. The zero-order chi connectivity index (χ0) is 15.0. The number of primary amides is 1. The number of rotatable bonds is 4. The second kappa shape index (κ2) is 5.00. The third kappa shape index (κ3) is 2.60. The molecule has 4 heteroatoms. The van der Waals surface area contributed by atoms with E-state index in [9.17, 15) is 4.79 Å². The van der Waals surface area contributed by atoms with Crippen molar-refractivity contribution < 1.29 is 9.53 Å². The molecule has 110 valence electrons. The first kappa shape index (κ1) is 14.7. The largest absolute Gasteiger partial charge is 0.497 e. The maximum Gasteiger partial charge on any atom is 0.243 e. The Balaban J connectivity index is 2.33. The summed E-state index contributed by atoms with van der Waals surface area (Å²) in [6, 6.07) is 7.61. The molecule has 0 aromatic heterocycles. The smallest absolute Gasteiger partial charge is 0.243 e. The van der Waals surface area contributed by atoms with Gasteiger partial charge in [0.15, 0.2) is 0 Å². The Labute approximate surface area is 120 Å². The predicted octanol–water partition coefficient (Wildman–Crippen LogP) is 2.79. The molecule has 1 aliphatic rings. The van der Waals surface area contributed by atoms with Crippen molar-refractivity contribution in [3.8, 4) is 5.75 Å². The van der Waals surface area contributed by atoms with Gasteiger partial charge in [0.05, 0.1) is 7.11 Å². The van der Waals surface area contributed by atoms with Crippen molar-refractivity contribution in [2.45, 2.75) is 39.2 Å². The number of anilines is 1. The van der Waals surface area contributed by atoms with Crippen LogP contribution in [0.2, 0.25) is 0 Å². The van der Waals surface area contributed by atoms with Gasteiger partial charge < -0.3 is 15.8 Å². The normalized spacial score (nSPS) is 28.1. The van der Waals surface area contributed by atoms with Crippen LogP contribution in [-0.4, -0.2) is 18.6 Å². The molecule has 0 aliphatic heterocycles. The monoisotopic (exact) mass is 276 g/mol. The number of carbonyl (C=O) groups is 1. The third-order valence-corrected chi connectivity index (χ3v) is 4.33. The van der Waals surface area contributed by atoms with Crippen molar-refractivity contribution >= 4 is 11.6 Å². The molecule has 0 spiro atoms. The number of nitrogens with one attached hydrogen (secondary N) is 1. The molecule has 0 radical (unpaired) electrons. The lowest BCUT2D eigenvalue weighted by atomic mass is 9.85. The summed E-state index contributed by atoms with van der Waals surface area (Å²) in [4.78, 5) is 12.1. The molecule has 20 heavy (non-hydrogen) atoms. The fourth-order valence-electron chi connectivity index (χ4n) is 3.52. The first-order valence-electron chi connectivity index (χ1n) is 7.01. The molecule has 0 heterocycles. The lowest BCUT2D eigenvalue weighted by molar-refractivity contribution is -0.123. The van der Waals surface area contributed by atoms with Crippen LogP contribution in [0.1, 0.15) is 33.6 Å². The Hall–Kier alpha value is -1.71. The van der Waals surface area contributed by atoms with Crippen molar-refractivity contribution in [2.75, 3.05) is 12.4 Å². The fraction of sp³-hybridized carbons (Fsp3) is 0.562. The zero-order valence-electron chi connectivity index (χ0n) is 12.7. The highest BCUT2D eigenvalue weighted by Crippen LogP contribution is 2.48. The Kier molecular flexibility index (Phi) is 3.67. The Morgan fingerprint density at radius 2 is 2.15 bits per heavy atom. The summed E-state index contributed by atoms with van der Waals surface area (Å²) in [5, 5.41) is 3.38. The van der Waals surface area contributed by atoms with Crippen LogP contribution >= 0.6 is 0 Å². The van der Waals surface area contributed by atoms with Gasteiger partial charge >= 0.3 is 0 Å². The van der Waals surface area contributed by atoms with Crippen LogP contribution in [0.25, 0.3) is 0 Å². The summed E-state index contributed by atoms with van der Waals surface area (Å²) in [7, 11) is 1.63. The van der Waals surface area contributed by atoms with Gasteiger partial charge in [0.2, 0.25) is 5.91 Å². The summed E-state index contributed by atoms with van der Waals surface area (Å²) in [5.74, 6) is 0.680. The minimum atomic E-state index is -0.685. The number of benzene rings is 1. The van der Waals surface area contributed by atoms with Crippen molar-refractivity contribution in [2.24, 2.45) is 17.1 Å². The van der Waals surface area contributed by atoms with Crippen LogP contribution in [0, 0.1) is 11.3 Å². The summed E-state index contributed by atoms with van der Waals surface area (Å²) in [6.45, 7) is 6.45. The van der Waals surface area contributed by atoms with E-state index in [1.54, 1.807) is 7.11 Å². The Morgan fingerprint density at radius 3 is 2.65 bits per heavy atom. The van der Waals surface area contributed by atoms with Crippen LogP contribution in [0.15, 0.2) is 24.3 Å². The Bertz CT molecular complexity index is 513. The van der Waals surface area contributed by atoms with E-state index in [0.717, 1.165) is 24.3 Å². The van der Waals surface area contributed by atoms with Crippen molar-refractivity contribution in [1.29, 1.82) is 0 Å². The SMILES string of the molecule is COc1cccc(NC2(C(N)=O)CC(C)(C)CC2C)c1. The second-order valence-corrected chi connectivity index (χ2v) is 6.64. The first-order chi connectivity index (χ1) is 9.29. The van der Waals surface area contributed by atoms with Gasteiger partial charge in [0, 0.05) is 11.8 Å². The van der Waals surface area contributed by atoms with Crippen LogP contribution in [-0.2, 0) is 4.79 Å². The number of nitrogens with two attached hydrogens (primary N) is 1. The van der Waals surface area contributed by atoms with E-state index < -0.39 is 5.54 Å². The van der Waals surface area contributed by atoms with E-state index >= 15 is 0 Å². The number of carbonyl (C=O) groups excluding carboxylic acids is 1. The molecule has 2 atom stereocenters. The molecule has 0 bridgehead atoms. The number of ether oxygens (including phenoxy) is 1. The van der Waals surface area contributed by atoms with E-state index in [1.165, 1.54) is 0 Å². The maximum atomic E-state index is 12.1. The lowest BCUT2D eigenvalue weighted by Crippen LogP contribution is -2.52. The molecule has 1 saturated carbocycles. The van der Waals surface area contributed by atoms with Crippen LogP contribution in [0.4, 0.5) is 5.69 Å². The minimum Gasteiger partial charge on any atom is -0.497 e. The third-order valence-electron chi connectivity index (χ3n) is 4.33. The van der Waals surface area contributed by atoms with E-state index in [-0.39, 0.29) is 17.2 Å². The zero-order valence-corrected chi connectivity index (χ0v) is 12.7. The van der Waals surface area contributed by atoms with E-state index in [2.05, 4.69) is 26.1 Å².